The average molecular weight is 77.9 g/mol. The summed E-state index contributed by atoms with van der Waals surface area (Å²) >= 11 is 0. The van der Waals surface area contributed by atoms with Crippen LogP contribution in [-0.4, -0.2) is 7.85 Å². The maximum atomic E-state index is 7.86. The van der Waals surface area contributed by atoms with Crippen molar-refractivity contribution < 1.29 is 0 Å². The van der Waals surface area contributed by atoms with Gasteiger partial charge in [0, 0.05) is 0 Å². The van der Waals surface area contributed by atoms with E-state index in [1.54, 1.807) is 20.0 Å². The fraction of sp³-hybridized carbons (Fsp3) is 0.333. The van der Waals surface area contributed by atoms with Gasteiger partial charge >= 0.3 is 0 Å². The molecule has 0 spiro atoms. The average Bonchev–Trinajstić information content (AvgIpc) is 1.65. The van der Waals surface area contributed by atoms with E-state index in [2.05, 4.69) is 0 Å². The zero-order valence-electron chi connectivity index (χ0n) is 3.47. The van der Waals surface area contributed by atoms with Crippen molar-refractivity contribution in [3.8, 4) is 12.1 Å². The first-order valence-corrected chi connectivity index (χ1v) is 1.60. The van der Waals surface area contributed by atoms with Gasteiger partial charge in [-0.25, -0.2) is 0 Å². The highest BCUT2D eigenvalue weighted by Crippen LogP contribution is 1.86. The van der Waals surface area contributed by atoms with Crippen LogP contribution in [0.15, 0.2) is 0 Å². The van der Waals surface area contributed by atoms with Crippen molar-refractivity contribution in [1.82, 2.24) is 0 Å². The van der Waals surface area contributed by atoms with Crippen LogP contribution in [0.4, 0.5) is 0 Å². The molecule has 0 bridgehead atoms. The smallest absolute Gasteiger partial charge is 0.142 e. The summed E-state index contributed by atoms with van der Waals surface area (Å²) in [7, 11) is 1.56. The van der Waals surface area contributed by atoms with Crippen molar-refractivity contribution in [2.45, 2.75) is 5.82 Å². The highest BCUT2D eigenvalue weighted by Gasteiger charge is 1.89. The van der Waals surface area contributed by atoms with Gasteiger partial charge in [0.05, 0.1) is 18.0 Å². The lowest BCUT2D eigenvalue weighted by atomic mass is 9.91. The molecule has 0 saturated heterocycles. The predicted molar refractivity (Wildman–Crippen MR) is 23.5 cm³/mol. The van der Waals surface area contributed by atoms with Crippen LogP contribution in [0.3, 0.4) is 0 Å². The van der Waals surface area contributed by atoms with Crippen LogP contribution in [0.1, 0.15) is 0 Å². The molecule has 0 aliphatic heterocycles. The highest BCUT2D eigenvalue weighted by molar-refractivity contribution is 6.15. The largest absolute Gasteiger partial charge is 0.198 e. The van der Waals surface area contributed by atoms with Gasteiger partial charge in [0.1, 0.15) is 7.85 Å². The van der Waals surface area contributed by atoms with Gasteiger partial charge in [-0.2, -0.15) is 10.5 Å². The van der Waals surface area contributed by atoms with Crippen molar-refractivity contribution in [1.29, 1.82) is 10.5 Å². The lowest BCUT2D eigenvalue weighted by Gasteiger charge is -1.71. The van der Waals surface area contributed by atoms with E-state index in [1.807, 2.05) is 0 Å². The lowest BCUT2D eigenvalue weighted by molar-refractivity contribution is 1.32. The number of nitrogens with zero attached hydrogens (tertiary/aromatic N) is 2. The Morgan fingerprint density at radius 2 is 1.67 bits per heavy atom. The van der Waals surface area contributed by atoms with Gasteiger partial charge in [-0.05, 0) is 0 Å². The molecule has 3 heteroatoms. The zero-order valence-corrected chi connectivity index (χ0v) is 3.47. The predicted octanol–water partition coefficient (Wildman–Crippen LogP) is -0.545. The molecule has 0 rings (SSSR count). The molecule has 0 atom stereocenters. The maximum Gasteiger partial charge on any atom is 0.142 e. The Hall–Kier alpha value is -0.955. The van der Waals surface area contributed by atoms with E-state index < -0.39 is 5.82 Å². The van der Waals surface area contributed by atoms with Gasteiger partial charge in [-0.3, -0.25) is 0 Å². The molecule has 0 saturated carbocycles. The zero-order chi connectivity index (χ0) is 4.99. The summed E-state index contributed by atoms with van der Waals surface area (Å²) in [6.45, 7) is 0. The fourth-order valence-corrected chi connectivity index (χ4v) is 0.0289. The van der Waals surface area contributed by atoms with Crippen molar-refractivity contribution in [2.75, 3.05) is 0 Å². The molecule has 0 aliphatic rings. The third-order valence-electron chi connectivity index (χ3n) is 0.387. The number of rotatable bonds is 0. The molecule has 0 fully saturated rings. The van der Waals surface area contributed by atoms with Crippen molar-refractivity contribution in [2.24, 2.45) is 0 Å². The standard InChI is InChI=1S/C3H3BN2/c4-3(1-5)2-6/h3H,4H2. The summed E-state index contributed by atoms with van der Waals surface area (Å²) < 4.78 is 0. The molecule has 0 aromatic heterocycles. The molecule has 0 N–H and O–H groups in total. The molecular formula is C3H3BN2. The highest BCUT2D eigenvalue weighted by atomic mass is 14.3. The van der Waals surface area contributed by atoms with Gasteiger partial charge < -0.3 is 0 Å². The van der Waals surface area contributed by atoms with Crippen LogP contribution in [0.25, 0.3) is 0 Å². The SMILES string of the molecule is BC(C#N)C#N. The second-order valence-electron chi connectivity index (χ2n) is 0.980. The first kappa shape index (κ1) is 5.04. The van der Waals surface area contributed by atoms with Crippen molar-refractivity contribution in [3.05, 3.63) is 0 Å². The van der Waals surface area contributed by atoms with Crippen LogP contribution in [0.5, 0.6) is 0 Å². The summed E-state index contributed by atoms with van der Waals surface area (Å²) in [5, 5.41) is 15.7. The Morgan fingerprint density at radius 3 is 1.67 bits per heavy atom. The summed E-state index contributed by atoms with van der Waals surface area (Å²) in [5.41, 5.74) is 0. The Morgan fingerprint density at radius 1 is 1.33 bits per heavy atom. The number of hydrogen-bond acceptors (Lipinski definition) is 2. The topological polar surface area (TPSA) is 47.6 Å². The van der Waals surface area contributed by atoms with Gasteiger partial charge in [0.25, 0.3) is 0 Å². The van der Waals surface area contributed by atoms with Gasteiger partial charge in [0.2, 0.25) is 0 Å². The number of hydrogen-bond donors (Lipinski definition) is 0. The first-order chi connectivity index (χ1) is 2.81. The molecule has 0 radical (unpaired) electrons. The summed E-state index contributed by atoms with van der Waals surface area (Å²) in [6.07, 6.45) is 0. The van der Waals surface area contributed by atoms with E-state index in [1.165, 1.54) is 0 Å². The van der Waals surface area contributed by atoms with E-state index in [9.17, 15) is 0 Å². The molecule has 2 nitrogen and oxygen atoms in total. The summed E-state index contributed by atoms with van der Waals surface area (Å²) in [4.78, 5) is 0. The van der Waals surface area contributed by atoms with Gasteiger partial charge in [-0.15, -0.1) is 0 Å². The van der Waals surface area contributed by atoms with E-state index in [4.69, 9.17) is 10.5 Å². The summed E-state index contributed by atoms with van der Waals surface area (Å²) in [6, 6.07) is 3.51. The number of nitriles is 2. The molecule has 0 aromatic carbocycles. The minimum Gasteiger partial charge on any atom is -0.198 e. The minimum absolute atomic E-state index is 0.454. The normalized spacial score (nSPS) is 6.50. The Bertz CT molecular complexity index is 92.9. The van der Waals surface area contributed by atoms with E-state index in [0.717, 1.165) is 0 Å². The first-order valence-electron chi connectivity index (χ1n) is 1.60. The monoisotopic (exact) mass is 78.0 g/mol. The molecule has 0 aliphatic carbocycles. The van der Waals surface area contributed by atoms with Crippen LogP contribution < -0.4 is 0 Å². The molecule has 28 valence electrons. The van der Waals surface area contributed by atoms with Crippen LogP contribution >= 0.6 is 0 Å². The molecule has 6 heavy (non-hydrogen) atoms. The molecule has 0 heterocycles. The third-order valence-corrected chi connectivity index (χ3v) is 0.387. The quantitative estimate of drug-likeness (QED) is 0.365. The summed E-state index contributed by atoms with van der Waals surface area (Å²) in [5.74, 6) is -0.454. The van der Waals surface area contributed by atoms with Gasteiger partial charge in [-0.1, -0.05) is 0 Å². The van der Waals surface area contributed by atoms with E-state index in [-0.39, 0.29) is 0 Å². The Balaban J connectivity index is 3.40. The maximum absolute atomic E-state index is 7.86. The Labute approximate surface area is 37.4 Å². The fourth-order valence-electron chi connectivity index (χ4n) is 0.0289. The lowest BCUT2D eigenvalue weighted by Crippen LogP contribution is -1.77. The molecular weight excluding hydrogens is 74.9 g/mol. The van der Waals surface area contributed by atoms with Crippen LogP contribution in [0.2, 0.25) is 5.82 Å². The van der Waals surface area contributed by atoms with E-state index in [0.29, 0.717) is 0 Å². The molecule has 0 amide bonds. The minimum atomic E-state index is -0.454. The Kier molecular flexibility index (Phi) is 1.93. The third kappa shape index (κ3) is 1.37. The van der Waals surface area contributed by atoms with Crippen molar-refractivity contribution in [3.63, 3.8) is 0 Å². The molecule has 0 aromatic rings. The van der Waals surface area contributed by atoms with Crippen LogP contribution in [0, 0.1) is 22.7 Å². The van der Waals surface area contributed by atoms with Crippen LogP contribution in [-0.2, 0) is 0 Å². The second-order valence-corrected chi connectivity index (χ2v) is 0.980. The van der Waals surface area contributed by atoms with E-state index >= 15 is 0 Å². The van der Waals surface area contributed by atoms with Gasteiger partial charge in [0.15, 0.2) is 0 Å². The molecule has 0 unspecified atom stereocenters. The second kappa shape index (κ2) is 2.29. The van der Waals surface area contributed by atoms with Crippen molar-refractivity contribution >= 4 is 7.85 Å².